The van der Waals surface area contributed by atoms with Gasteiger partial charge in [0.25, 0.3) is 16.8 Å². The van der Waals surface area contributed by atoms with Crippen LogP contribution in [0.3, 0.4) is 0 Å². The fraction of sp³-hybridized carbons (Fsp3) is 0.200. The number of nitro benzene ring substituents is 1. The molecule has 0 bridgehead atoms. The lowest BCUT2D eigenvalue weighted by Crippen LogP contribution is -2.36. The van der Waals surface area contributed by atoms with Crippen LogP contribution in [0.15, 0.2) is 65.6 Å². The van der Waals surface area contributed by atoms with Crippen LogP contribution in [0, 0.1) is 10.1 Å². The summed E-state index contributed by atoms with van der Waals surface area (Å²) in [7, 11) is 0. The molecule has 0 unspecified atom stereocenters. The zero-order chi connectivity index (χ0) is 23.5. The minimum absolute atomic E-state index is 0.00597. The second-order valence-electron chi connectivity index (χ2n) is 7.72. The number of thioether (sulfide) groups is 1. The predicted molar refractivity (Wildman–Crippen MR) is 129 cm³/mol. The van der Waals surface area contributed by atoms with Crippen molar-refractivity contribution in [3.63, 3.8) is 0 Å². The number of nitro groups is 1. The van der Waals surface area contributed by atoms with Crippen LogP contribution in [-0.2, 0) is 11.4 Å². The number of nitrogens with zero attached hydrogens (tertiary/aromatic N) is 2. The Labute approximate surface area is 195 Å². The van der Waals surface area contributed by atoms with E-state index in [0.29, 0.717) is 28.2 Å². The quantitative estimate of drug-likeness (QED) is 0.237. The van der Waals surface area contributed by atoms with Gasteiger partial charge in [-0.05, 0) is 53.6 Å². The lowest BCUT2D eigenvalue weighted by Gasteiger charge is -2.19. The fourth-order valence-corrected chi connectivity index (χ4v) is 4.56. The van der Waals surface area contributed by atoms with Gasteiger partial charge in [-0.25, -0.2) is 0 Å². The van der Waals surface area contributed by atoms with E-state index >= 15 is 0 Å². The van der Waals surface area contributed by atoms with Gasteiger partial charge in [-0.3, -0.25) is 24.6 Å². The summed E-state index contributed by atoms with van der Waals surface area (Å²) in [5.74, 6) is 0.215. The maximum Gasteiger partial charge on any atom is 0.293 e. The molecule has 0 N–H and O–H groups in total. The number of hydrogen-bond donors (Lipinski definition) is 0. The number of amides is 2. The van der Waals surface area contributed by atoms with E-state index in [1.165, 1.54) is 17.0 Å². The van der Waals surface area contributed by atoms with Crippen molar-refractivity contribution in [1.82, 2.24) is 4.90 Å². The zero-order valence-corrected chi connectivity index (χ0v) is 19.0. The Morgan fingerprint density at radius 2 is 1.91 bits per heavy atom. The number of imide groups is 1. The Bertz CT molecular complexity index is 1290. The van der Waals surface area contributed by atoms with Gasteiger partial charge >= 0.3 is 0 Å². The van der Waals surface area contributed by atoms with E-state index in [9.17, 15) is 19.7 Å². The summed E-state index contributed by atoms with van der Waals surface area (Å²) < 4.78 is 6.05. The molecule has 168 valence electrons. The molecule has 1 saturated heterocycles. The minimum atomic E-state index is -0.446. The lowest BCUT2D eigenvalue weighted by molar-refractivity contribution is -0.384. The van der Waals surface area contributed by atoms with E-state index in [1.807, 2.05) is 50.2 Å². The standard InChI is InChI=1S/C25H22N2O5S/c1-3-16(2)26-24(28)23(33-25(26)29)14-21-20-10-5-4-8-18(20)11-12-22(21)32-15-17-7-6-9-19(13-17)27(30)31/h4-14,16H,3,15H2,1-2H3/b23-14+/t16-/m0/s1. The number of rotatable bonds is 7. The van der Waals surface area contributed by atoms with Gasteiger partial charge in [-0.15, -0.1) is 0 Å². The molecule has 3 aromatic carbocycles. The Kier molecular flexibility index (Phi) is 6.46. The molecule has 1 aliphatic heterocycles. The largest absolute Gasteiger partial charge is 0.488 e. The van der Waals surface area contributed by atoms with E-state index < -0.39 is 4.92 Å². The second-order valence-corrected chi connectivity index (χ2v) is 8.72. The number of ether oxygens (including phenoxy) is 1. The van der Waals surface area contributed by atoms with Gasteiger partial charge < -0.3 is 4.74 Å². The number of carbonyl (C=O) groups excluding carboxylic acids is 2. The normalized spacial score (nSPS) is 15.9. The first kappa shape index (κ1) is 22.5. The molecule has 8 heteroatoms. The average molecular weight is 463 g/mol. The topological polar surface area (TPSA) is 89.8 Å². The molecule has 1 heterocycles. The molecule has 7 nitrogen and oxygen atoms in total. The third kappa shape index (κ3) is 4.61. The maximum absolute atomic E-state index is 13.0. The molecule has 0 aromatic heterocycles. The van der Waals surface area contributed by atoms with Crippen molar-refractivity contribution in [2.24, 2.45) is 0 Å². The lowest BCUT2D eigenvalue weighted by atomic mass is 10.0. The molecule has 1 fully saturated rings. The van der Waals surface area contributed by atoms with Crippen LogP contribution >= 0.6 is 11.8 Å². The van der Waals surface area contributed by atoms with E-state index in [-0.39, 0.29) is 29.5 Å². The molecule has 3 aromatic rings. The molecule has 0 saturated carbocycles. The van der Waals surface area contributed by atoms with Crippen molar-refractivity contribution in [2.75, 3.05) is 0 Å². The van der Waals surface area contributed by atoms with Crippen LogP contribution in [0.1, 0.15) is 31.4 Å². The van der Waals surface area contributed by atoms with Crippen LogP contribution in [0.5, 0.6) is 5.75 Å². The van der Waals surface area contributed by atoms with Crippen molar-refractivity contribution in [3.8, 4) is 5.75 Å². The Morgan fingerprint density at radius 1 is 1.12 bits per heavy atom. The summed E-state index contributed by atoms with van der Waals surface area (Å²) in [5, 5.41) is 12.6. The van der Waals surface area contributed by atoms with Crippen LogP contribution in [0.2, 0.25) is 0 Å². The number of non-ortho nitro benzene ring substituents is 1. The van der Waals surface area contributed by atoms with Crippen LogP contribution < -0.4 is 4.74 Å². The zero-order valence-electron chi connectivity index (χ0n) is 18.2. The highest BCUT2D eigenvalue weighted by molar-refractivity contribution is 8.18. The number of benzene rings is 3. The minimum Gasteiger partial charge on any atom is -0.488 e. The third-order valence-corrected chi connectivity index (χ3v) is 6.46. The predicted octanol–water partition coefficient (Wildman–Crippen LogP) is 6.16. The van der Waals surface area contributed by atoms with Crippen molar-refractivity contribution >= 4 is 45.4 Å². The van der Waals surface area contributed by atoms with Crippen LogP contribution in [0.4, 0.5) is 10.5 Å². The molecule has 33 heavy (non-hydrogen) atoms. The Hall–Kier alpha value is -3.65. The third-order valence-electron chi connectivity index (χ3n) is 5.58. The maximum atomic E-state index is 13.0. The molecule has 1 aliphatic rings. The van der Waals surface area contributed by atoms with Gasteiger partial charge in [-0.2, -0.15) is 0 Å². The van der Waals surface area contributed by atoms with E-state index in [4.69, 9.17) is 4.74 Å². The van der Waals surface area contributed by atoms with Crippen LogP contribution in [0.25, 0.3) is 16.8 Å². The Morgan fingerprint density at radius 3 is 2.67 bits per heavy atom. The highest BCUT2D eigenvalue weighted by Crippen LogP contribution is 2.38. The van der Waals surface area contributed by atoms with E-state index in [1.54, 1.807) is 18.2 Å². The number of hydrogen-bond acceptors (Lipinski definition) is 6. The van der Waals surface area contributed by atoms with Gasteiger partial charge in [-0.1, -0.05) is 49.4 Å². The SMILES string of the molecule is CC[C@H](C)N1C(=O)S/C(=C/c2c(OCc3cccc([N+](=O)[O-])c3)ccc3ccccc23)C1=O. The molecular formula is C25H22N2O5S. The number of carbonyl (C=O) groups is 2. The van der Waals surface area contributed by atoms with Crippen molar-refractivity contribution in [3.05, 3.63) is 86.8 Å². The Balaban J connectivity index is 1.71. The van der Waals surface area contributed by atoms with E-state index in [2.05, 4.69) is 0 Å². The van der Waals surface area contributed by atoms with Crippen LogP contribution in [-0.4, -0.2) is 27.0 Å². The summed E-state index contributed by atoms with van der Waals surface area (Å²) >= 11 is 0.925. The molecule has 1 atom stereocenters. The highest BCUT2D eigenvalue weighted by Gasteiger charge is 2.37. The molecule has 2 amide bonds. The second kappa shape index (κ2) is 9.46. The average Bonchev–Trinajstić information content (AvgIpc) is 3.10. The summed E-state index contributed by atoms with van der Waals surface area (Å²) in [6.45, 7) is 3.90. The van der Waals surface area contributed by atoms with Gasteiger partial charge in [0.1, 0.15) is 12.4 Å². The molecule has 0 radical (unpaired) electrons. The highest BCUT2D eigenvalue weighted by atomic mass is 32.2. The summed E-state index contributed by atoms with van der Waals surface area (Å²) in [5.41, 5.74) is 1.34. The first-order valence-electron chi connectivity index (χ1n) is 10.5. The van der Waals surface area contributed by atoms with Crippen molar-refractivity contribution in [2.45, 2.75) is 32.9 Å². The number of fused-ring (bicyclic) bond motifs is 1. The van der Waals surface area contributed by atoms with E-state index in [0.717, 1.165) is 22.5 Å². The van der Waals surface area contributed by atoms with Crippen molar-refractivity contribution in [1.29, 1.82) is 0 Å². The summed E-state index contributed by atoms with van der Waals surface area (Å²) in [6.07, 6.45) is 2.38. The molecule has 0 aliphatic carbocycles. The molecular weight excluding hydrogens is 440 g/mol. The summed E-state index contributed by atoms with van der Waals surface area (Å²) in [6, 6.07) is 17.5. The molecule has 4 rings (SSSR count). The smallest absolute Gasteiger partial charge is 0.293 e. The van der Waals surface area contributed by atoms with Gasteiger partial charge in [0.2, 0.25) is 0 Å². The first-order valence-corrected chi connectivity index (χ1v) is 11.4. The van der Waals surface area contributed by atoms with Gasteiger partial charge in [0.15, 0.2) is 0 Å². The summed E-state index contributed by atoms with van der Waals surface area (Å²) in [4.78, 5) is 37.7. The monoisotopic (exact) mass is 462 g/mol. The van der Waals surface area contributed by atoms with Gasteiger partial charge in [0, 0.05) is 23.7 Å². The fourth-order valence-electron chi connectivity index (χ4n) is 3.64. The first-order chi connectivity index (χ1) is 15.9. The van der Waals surface area contributed by atoms with Crippen molar-refractivity contribution < 1.29 is 19.2 Å². The van der Waals surface area contributed by atoms with Gasteiger partial charge in [0.05, 0.1) is 9.83 Å². The molecule has 0 spiro atoms.